The first-order valence-electron chi connectivity index (χ1n) is 6.71. The van der Waals surface area contributed by atoms with Crippen LogP contribution in [0.15, 0.2) is 40.3 Å². The van der Waals surface area contributed by atoms with Crippen molar-refractivity contribution in [1.29, 1.82) is 0 Å². The van der Waals surface area contributed by atoms with Crippen LogP contribution in [0, 0.1) is 0 Å². The first kappa shape index (κ1) is 14.1. The molecular weight excluding hydrogens is 260 g/mol. The van der Waals surface area contributed by atoms with Crippen molar-refractivity contribution in [2.75, 3.05) is 18.8 Å². The number of benzene rings is 1. The Labute approximate surface area is 115 Å². The van der Waals surface area contributed by atoms with Crippen molar-refractivity contribution in [3.8, 4) is 0 Å². The van der Waals surface area contributed by atoms with E-state index in [9.17, 15) is 8.42 Å². The zero-order chi connectivity index (χ0) is 13.7. The molecule has 0 saturated carbocycles. The lowest BCUT2D eigenvalue weighted by molar-refractivity contribution is 0.312. The molecule has 0 radical (unpaired) electrons. The molecule has 0 spiro atoms. The van der Waals surface area contributed by atoms with Gasteiger partial charge in [-0.2, -0.15) is 5.10 Å². The van der Waals surface area contributed by atoms with Crippen LogP contribution in [0.2, 0.25) is 0 Å². The van der Waals surface area contributed by atoms with Crippen molar-refractivity contribution in [3.63, 3.8) is 0 Å². The lowest BCUT2D eigenvalue weighted by Gasteiger charge is -2.11. The summed E-state index contributed by atoms with van der Waals surface area (Å²) in [5.74, 6) is 0.0413. The third-order valence-corrected chi connectivity index (χ3v) is 4.87. The normalized spacial score (nSPS) is 15.6. The number of hydrogen-bond donors (Lipinski definition) is 0. The predicted molar refractivity (Wildman–Crippen MR) is 77.0 cm³/mol. The summed E-state index contributed by atoms with van der Waals surface area (Å²) in [4.78, 5) is 0.379. The third-order valence-electron chi connectivity index (χ3n) is 3.17. The van der Waals surface area contributed by atoms with Crippen molar-refractivity contribution < 1.29 is 8.42 Å². The van der Waals surface area contributed by atoms with Crippen molar-refractivity contribution in [2.24, 2.45) is 5.10 Å². The first-order valence-corrected chi connectivity index (χ1v) is 8.36. The first-order chi connectivity index (χ1) is 9.12. The van der Waals surface area contributed by atoms with E-state index in [-0.39, 0.29) is 5.75 Å². The molecule has 104 valence electrons. The molecule has 0 amide bonds. The molecule has 0 aromatic heterocycles. The molecule has 1 aliphatic heterocycles. The fourth-order valence-corrected chi connectivity index (χ4v) is 3.47. The Morgan fingerprint density at radius 1 is 1.26 bits per heavy atom. The Morgan fingerprint density at radius 2 is 2.00 bits per heavy atom. The Morgan fingerprint density at radius 3 is 2.68 bits per heavy atom. The van der Waals surface area contributed by atoms with E-state index >= 15 is 0 Å². The van der Waals surface area contributed by atoms with E-state index < -0.39 is 9.84 Å². The van der Waals surface area contributed by atoms with Gasteiger partial charge in [-0.3, -0.25) is 5.01 Å². The van der Waals surface area contributed by atoms with Gasteiger partial charge in [-0.25, -0.2) is 8.42 Å². The van der Waals surface area contributed by atoms with Crippen LogP contribution in [0.4, 0.5) is 0 Å². The third kappa shape index (κ3) is 3.80. The summed E-state index contributed by atoms with van der Waals surface area (Å²) in [5.41, 5.74) is 0.778. The van der Waals surface area contributed by atoms with Gasteiger partial charge in [-0.15, -0.1) is 0 Å². The Hall–Kier alpha value is -1.36. The summed E-state index contributed by atoms with van der Waals surface area (Å²) in [6.07, 6.45) is 2.99. The van der Waals surface area contributed by atoms with Gasteiger partial charge in [0.25, 0.3) is 0 Å². The Balaban J connectivity index is 2.02. The largest absolute Gasteiger partial charge is 0.297 e. The van der Waals surface area contributed by atoms with E-state index in [0.29, 0.717) is 4.90 Å². The Bertz CT molecular complexity index is 538. The number of hydrogen-bond acceptors (Lipinski definition) is 4. The van der Waals surface area contributed by atoms with Crippen molar-refractivity contribution in [2.45, 2.75) is 31.1 Å². The smallest absolute Gasteiger partial charge is 0.183 e. The van der Waals surface area contributed by atoms with Crippen LogP contribution in [0.25, 0.3) is 0 Å². The number of unbranched alkanes of at least 4 members (excludes halogenated alkanes) is 1. The maximum Gasteiger partial charge on any atom is 0.183 e. The van der Waals surface area contributed by atoms with Gasteiger partial charge >= 0.3 is 0 Å². The molecule has 0 fully saturated rings. The highest BCUT2D eigenvalue weighted by atomic mass is 32.2. The van der Waals surface area contributed by atoms with Crippen LogP contribution in [0.1, 0.15) is 26.2 Å². The van der Waals surface area contributed by atoms with Crippen LogP contribution in [-0.2, 0) is 9.84 Å². The number of hydrazone groups is 1. The van der Waals surface area contributed by atoms with Gasteiger partial charge in [0.15, 0.2) is 9.84 Å². The molecule has 0 bridgehead atoms. The summed E-state index contributed by atoms with van der Waals surface area (Å²) in [5, 5.41) is 6.39. The fraction of sp³-hybridized carbons (Fsp3) is 0.500. The highest BCUT2D eigenvalue weighted by Crippen LogP contribution is 2.15. The van der Waals surface area contributed by atoms with E-state index in [1.165, 1.54) is 0 Å². The zero-order valence-corrected chi connectivity index (χ0v) is 12.1. The molecule has 1 aliphatic rings. The van der Waals surface area contributed by atoms with Crippen LogP contribution in [0.3, 0.4) is 0 Å². The summed E-state index contributed by atoms with van der Waals surface area (Å²) in [6, 6.07) is 8.59. The highest BCUT2D eigenvalue weighted by Gasteiger charge is 2.21. The lowest BCUT2D eigenvalue weighted by Crippen LogP contribution is -2.15. The predicted octanol–water partition coefficient (Wildman–Crippen LogP) is 2.32. The molecule has 0 aliphatic carbocycles. The van der Waals surface area contributed by atoms with E-state index in [0.717, 1.165) is 38.1 Å². The van der Waals surface area contributed by atoms with E-state index in [1.807, 2.05) is 11.1 Å². The minimum absolute atomic E-state index is 0.0413. The standard InChI is InChI=1S/C14H20N2O2S/c1-2-3-10-16-11-9-13(15-16)12-19(17,18)14-7-5-4-6-8-14/h4-8H,2-3,9-12H2,1H3. The molecule has 0 unspecified atom stereocenters. The average molecular weight is 280 g/mol. The highest BCUT2D eigenvalue weighted by molar-refractivity contribution is 7.92. The van der Waals surface area contributed by atoms with Crippen molar-refractivity contribution in [1.82, 2.24) is 5.01 Å². The molecule has 19 heavy (non-hydrogen) atoms. The molecular formula is C14H20N2O2S. The molecule has 1 aromatic rings. The van der Waals surface area contributed by atoms with Gasteiger partial charge < -0.3 is 0 Å². The molecule has 0 saturated heterocycles. The minimum Gasteiger partial charge on any atom is -0.297 e. The van der Waals surface area contributed by atoms with Crippen molar-refractivity contribution in [3.05, 3.63) is 30.3 Å². The molecule has 1 aromatic carbocycles. The van der Waals surface area contributed by atoms with Gasteiger partial charge in [0.1, 0.15) is 0 Å². The molecule has 5 heteroatoms. The maximum atomic E-state index is 12.2. The quantitative estimate of drug-likeness (QED) is 0.803. The fourth-order valence-electron chi connectivity index (χ4n) is 2.09. The molecule has 0 N–H and O–H groups in total. The molecule has 2 rings (SSSR count). The second-order valence-corrected chi connectivity index (χ2v) is 6.79. The zero-order valence-electron chi connectivity index (χ0n) is 11.2. The van der Waals surface area contributed by atoms with Gasteiger partial charge in [0.2, 0.25) is 0 Å². The summed E-state index contributed by atoms with van der Waals surface area (Å²) >= 11 is 0. The SMILES string of the molecule is CCCCN1CCC(CS(=O)(=O)c2ccccc2)=N1. The topological polar surface area (TPSA) is 49.7 Å². The second-order valence-electron chi connectivity index (χ2n) is 4.80. The maximum absolute atomic E-state index is 12.2. The summed E-state index contributed by atoms with van der Waals surface area (Å²) in [7, 11) is -3.25. The molecule has 4 nitrogen and oxygen atoms in total. The summed E-state index contributed by atoms with van der Waals surface area (Å²) in [6.45, 7) is 3.91. The van der Waals surface area contributed by atoms with Crippen LogP contribution in [0.5, 0.6) is 0 Å². The van der Waals surface area contributed by atoms with E-state index in [1.54, 1.807) is 24.3 Å². The second kappa shape index (κ2) is 6.19. The molecule has 0 atom stereocenters. The van der Waals surface area contributed by atoms with Gasteiger partial charge in [-0.1, -0.05) is 31.5 Å². The Kier molecular flexibility index (Phi) is 4.58. The van der Waals surface area contributed by atoms with Crippen LogP contribution in [-0.4, -0.2) is 38.0 Å². The minimum atomic E-state index is -3.25. The van der Waals surface area contributed by atoms with Gasteiger partial charge in [0, 0.05) is 19.5 Å². The van der Waals surface area contributed by atoms with Crippen LogP contribution < -0.4 is 0 Å². The van der Waals surface area contributed by atoms with Gasteiger partial charge in [-0.05, 0) is 18.6 Å². The number of sulfone groups is 1. The molecule has 1 heterocycles. The van der Waals surface area contributed by atoms with E-state index in [2.05, 4.69) is 12.0 Å². The lowest BCUT2D eigenvalue weighted by atomic mass is 10.3. The number of nitrogens with zero attached hydrogens (tertiary/aromatic N) is 2. The number of rotatable bonds is 6. The van der Waals surface area contributed by atoms with Crippen LogP contribution >= 0.6 is 0 Å². The van der Waals surface area contributed by atoms with Gasteiger partial charge in [0.05, 0.1) is 16.4 Å². The monoisotopic (exact) mass is 280 g/mol. The van der Waals surface area contributed by atoms with E-state index in [4.69, 9.17) is 0 Å². The van der Waals surface area contributed by atoms with Crippen molar-refractivity contribution >= 4 is 15.5 Å². The summed E-state index contributed by atoms with van der Waals surface area (Å²) < 4.78 is 24.4. The average Bonchev–Trinajstić information content (AvgIpc) is 2.84.